The molecular formula is C33H34N2O2S. The van der Waals surface area contributed by atoms with Gasteiger partial charge in [0.05, 0.1) is 5.56 Å². The van der Waals surface area contributed by atoms with Crippen molar-refractivity contribution in [1.82, 2.24) is 0 Å². The van der Waals surface area contributed by atoms with Crippen LogP contribution in [0.1, 0.15) is 59.1 Å². The zero-order valence-electron chi connectivity index (χ0n) is 22.2. The van der Waals surface area contributed by atoms with Crippen molar-refractivity contribution >= 4 is 34.1 Å². The zero-order valence-corrected chi connectivity index (χ0v) is 23.1. The zero-order chi connectivity index (χ0) is 26.5. The molecule has 1 aromatic heterocycles. The van der Waals surface area contributed by atoms with E-state index in [1.165, 1.54) is 10.4 Å². The van der Waals surface area contributed by atoms with Gasteiger partial charge in [-0.05, 0) is 83.7 Å². The van der Waals surface area contributed by atoms with Gasteiger partial charge in [-0.15, -0.1) is 11.3 Å². The van der Waals surface area contributed by atoms with Crippen LogP contribution in [0, 0.1) is 11.3 Å². The molecule has 0 bridgehead atoms. The van der Waals surface area contributed by atoms with Gasteiger partial charge >= 0.3 is 0 Å². The van der Waals surface area contributed by atoms with E-state index in [4.69, 9.17) is 9.73 Å². The van der Waals surface area contributed by atoms with Crippen LogP contribution in [0.25, 0.3) is 0 Å². The lowest BCUT2D eigenvalue weighted by atomic mass is 9.72. The average Bonchev–Trinajstić information content (AvgIpc) is 3.30. The molecule has 4 nitrogen and oxygen atoms in total. The Labute approximate surface area is 229 Å². The predicted molar refractivity (Wildman–Crippen MR) is 158 cm³/mol. The van der Waals surface area contributed by atoms with Gasteiger partial charge in [-0.25, -0.2) is 4.99 Å². The number of carbonyl (C=O) groups excluding carboxylic acids is 1. The first kappa shape index (κ1) is 25.9. The summed E-state index contributed by atoms with van der Waals surface area (Å²) in [5, 5.41) is 3.87. The van der Waals surface area contributed by atoms with Crippen molar-refractivity contribution in [2.45, 2.75) is 46.6 Å². The minimum Gasteiger partial charge on any atom is -0.489 e. The summed E-state index contributed by atoms with van der Waals surface area (Å²) in [6.45, 7) is 7.47. The molecule has 5 rings (SSSR count). The number of ether oxygens (including phenoxy) is 1. The predicted octanol–water partition coefficient (Wildman–Crippen LogP) is 8.48. The highest BCUT2D eigenvalue weighted by atomic mass is 32.1. The normalized spacial score (nSPS) is 15.3. The Hall–Kier alpha value is -3.70. The van der Waals surface area contributed by atoms with E-state index in [1.54, 1.807) is 11.3 Å². The van der Waals surface area contributed by atoms with E-state index in [0.29, 0.717) is 12.5 Å². The maximum atomic E-state index is 13.5. The van der Waals surface area contributed by atoms with Crippen LogP contribution in [0.4, 0.5) is 10.7 Å². The summed E-state index contributed by atoms with van der Waals surface area (Å²) in [5.74, 6) is 1.33. The van der Waals surface area contributed by atoms with E-state index >= 15 is 0 Å². The maximum Gasteiger partial charge on any atom is 0.259 e. The monoisotopic (exact) mass is 522 g/mol. The van der Waals surface area contributed by atoms with Gasteiger partial charge in [-0.2, -0.15) is 0 Å². The molecule has 38 heavy (non-hydrogen) atoms. The molecule has 1 heterocycles. The van der Waals surface area contributed by atoms with E-state index in [1.807, 2.05) is 79.0 Å². The highest BCUT2D eigenvalue weighted by Crippen LogP contribution is 2.45. The minimum absolute atomic E-state index is 0.0836. The Balaban J connectivity index is 1.37. The van der Waals surface area contributed by atoms with Crippen LogP contribution < -0.4 is 10.1 Å². The van der Waals surface area contributed by atoms with E-state index in [9.17, 15) is 4.79 Å². The summed E-state index contributed by atoms with van der Waals surface area (Å²) in [6, 6.07) is 27.7. The number of rotatable bonds is 7. The van der Waals surface area contributed by atoms with E-state index in [-0.39, 0.29) is 11.3 Å². The Bertz CT molecular complexity index is 1400. The van der Waals surface area contributed by atoms with Crippen molar-refractivity contribution in [3.05, 3.63) is 112 Å². The first-order valence-corrected chi connectivity index (χ1v) is 14.0. The number of aliphatic imine (C=N–C) groups is 1. The Morgan fingerprint density at radius 2 is 1.68 bits per heavy atom. The topological polar surface area (TPSA) is 50.7 Å². The van der Waals surface area contributed by atoms with Crippen LogP contribution in [0.3, 0.4) is 0 Å². The number of nitrogens with zero attached hydrogens (tertiary/aromatic N) is 1. The minimum atomic E-state index is -0.0836. The van der Waals surface area contributed by atoms with E-state index in [0.717, 1.165) is 52.4 Å². The third-order valence-corrected chi connectivity index (χ3v) is 8.35. The second-order valence-electron chi connectivity index (χ2n) is 10.9. The van der Waals surface area contributed by atoms with Crippen molar-refractivity contribution in [1.29, 1.82) is 0 Å². The van der Waals surface area contributed by atoms with Crippen molar-refractivity contribution < 1.29 is 9.53 Å². The molecule has 0 fully saturated rings. The lowest BCUT2D eigenvalue weighted by Gasteiger charge is -2.33. The van der Waals surface area contributed by atoms with Crippen LogP contribution in [0.2, 0.25) is 0 Å². The summed E-state index contributed by atoms with van der Waals surface area (Å²) in [7, 11) is 0. The molecule has 3 aromatic carbocycles. The molecule has 0 saturated heterocycles. The van der Waals surface area contributed by atoms with Gasteiger partial charge in [-0.3, -0.25) is 4.79 Å². The lowest BCUT2D eigenvalue weighted by Crippen LogP contribution is -2.27. The summed E-state index contributed by atoms with van der Waals surface area (Å²) in [6.07, 6.45) is 4.84. The summed E-state index contributed by atoms with van der Waals surface area (Å²) in [5.41, 5.74) is 5.02. The second kappa shape index (κ2) is 11.4. The number of hydrogen-bond acceptors (Lipinski definition) is 4. The molecule has 0 saturated carbocycles. The van der Waals surface area contributed by atoms with Gasteiger partial charge in [0.25, 0.3) is 5.91 Å². The van der Waals surface area contributed by atoms with Gasteiger partial charge in [-0.1, -0.05) is 69.3 Å². The summed E-state index contributed by atoms with van der Waals surface area (Å²) in [4.78, 5) is 19.6. The van der Waals surface area contributed by atoms with Crippen LogP contribution in [-0.2, 0) is 19.4 Å². The molecule has 1 aliphatic carbocycles. The van der Waals surface area contributed by atoms with Crippen LogP contribution in [0.15, 0.2) is 89.9 Å². The number of benzene rings is 3. The molecule has 1 aliphatic rings. The fraction of sp³-hybridized carbons (Fsp3) is 0.273. The molecule has 0 aliphatic heterocycles. The molecule has 1 N–H and O–H groups in total. The SMILES string of the molecule is CC(C)(C)[C@H]1CCc2c(sc(N=Cc3ccc(OCc4ccccc4)cc3)c2C(=O)Nc2ccccc2)C1. The first-order chi connectivity index (χ1) is 18.4. The number of hydrogen-bond donors (Lipinski definition) is 1. The molecule has 1 amide bonds. The van der Waals surface area contributed by atoms with Crippen molar-refractivity contribution in [2.75, 3.05) is 5.32 Å². The summed E-state index contributed by atoms with van der Waals surface area (Å²) < 4.78 is 5.91. The molecule has 0 unspecified atom stereocenters. The van der Waals surface area contributed by atoms with Crippen LogP contribution in [0.5, 0.6) is 5.75 Å². The molecule has 194 valence electrons. The van der Waals surface area contributed by atoms with Crippen LogP contribution in [-0.4, -0.2) is 12.1 Å². The summed E-state index contributed by atoms with van der Waals surface area (Å²) >= 11 is 1.67. The highest BCUT2D eigenvalue weighted by molar-refractivity contribution is 7.16. The van der Waals surface area contributed by atoms with Gasteiger partial charge in [0.1, 0.15) is 17.4 Å². The van der Waals surface area contributed by atoms with E-state index < -0.39 is 0 Å². The smallest absolute Gasteiger partial charge is 0.259 e. The number of para-hydroxylation sites is 1. The van der Waals surface area contributed by atoms with Crippen molar-refractivity contribution in [3.63, 3.8) is 0 Å². The third-order valence-electron chi connectivity index (χ3n) is 7.19. The Morgan fingerprint density at radius 3 is 2.37 bits per heavy atom. The lowest BCUT2D eigenvalue weighted by molar-refractivity contribution is 0.102. The third kappa shape index (κ3) is 6.22. The highest BCUT2D eigenvalue weighted by Gasteiger charge is 2.33. The fourth-order valence-electron chi connectivity index (χ4n) is 4.88. The fourth-order valence-corrected chi connectivity index (χ4v) is 6.14. The first-order valence-electron chi connectivity index (χ1n) is 13.2. The number of carbonyl (C=O) groups is 1. The number of thiophene rings is 1. The Morgan fingerprint density at radius 1 is 1.00 bits per heavy atom. The van der Waals surface area contributed by atoms with Gasteiger partial charge in [0.2, 0.25) is 0 Å². The van der Waals surface area contributed by atoms with Crippen LogP contribution >= 0.6 is 11.3 Å². The standard InChI is InChI=1S/C33H34N2O2S/c1-33(2,3)25-16-19-28-29(20-25)38-32(30(28)31(36)35-26-12-8-5-9-13-26)34-21-23-14-17-27(18-15-23)37-22-24-10-6-4-7-11-24/h4-15,17-18,21,25H,16,19-20,22H2,1-3H3,(H,35,36)/t25-/m0/s1. The Kier molecular flexibility index (Phi) is 7.75. The molecule has 0 spiro atoms. The molecule has 1 atom stereocenters. The van der Waals surface area contributed by atoms with Crippen molar-refractivity contribution in [2.24, 2.45) is 16.3 Å². The molecule has 5 heteroatoms. The average molecular weight is 523 g/mol. The number of nitrogens with one attached hydrogen (secondary N) is 1. The number of anilines is 1. The quantitative estimate of drug-likeness (QED) is 0.247. The number of amides is 1. The molecule has 4 aromatic rings. The number of fused-ring (bicyclic) bond motifs is 1. The maximum absolute atomic E-state index is 13.5. The van der Waals surface area contributed by atoms with Gasteiger partial charge in [0, 0.05) is 16.8 Å². The van der Waals surface area contributed by atoms with Crippen molar-refractivity contribution in [3.8, 4) is 5.75 Å². The molecule has 0 radical (unpaired) electrons. The van der Waals surface area contributed by atoms with Gasteiger partial charge in [0.15, 0.2) is 0 Å². The second-order valence-corrected chi connectivity index (χ2v) is 12.0. The van der Waals surface area contributed by atoms with Gasteiger partial charge < -0.3 is 10.1 Å². The molecular weight excluding hydrogens is 488 g/mol. The van der Waals surface area contributed by atoms with E-state index in [2.05, 4.69) is 38.2 Å². The largest absolute Gasteiger partial charge is 0.489 e.